The van der Waals surface area contributed by atoms with Crippen molar-refractivity contribution in [2.45, 2.75) is 70.9 Å². The van der Waals surface area contributed by atoms with Crippen LogP contribution in [0, 0.1) is 0 Å². The first-order valence-corrected chi connectivity index (χ1v) is 12.4. The molecule has 0 aromatic heterocycles. The largest absolute Gasteiger partial charge is 0.543 e. The van der Waals surface area contributed by atoms with E-state index in [1.165, 1.54) is 0 Å². The first-order valence-electron chi connectivity index (χ1n) is 9.15. The Morgan fingerprint density at radius 2 is 1.74 bits per heavy atom. The van der Waals surface area contributed by atoms with Crippen LogP contribution in [-0.4, -0.2) is 38.6 Å². The molecule has 5 nitrogen and oxygen atoms in total. The molecule has 7 heteroatoms. The van der Waals surface area contributed by atoms with E-state index in [0.717, 1.165) is 11.3 Å². The molecule has 1 aliphatic heterocycles. The number of rotatable bonds is 4. The Morgan fingerprint density at radius 1 is 1.19 bits per heavy atom. The van der Waals surface area contributed by atoms with Crippen molar-refractivity contribution in [3.8, 4) is 5.75 Å². The summed E-state index contributed by atoms with van der Waals surface area (Å²) in [6, 6.07) is 5.62. The molecular weight excluding hydrogens is 382 g/mol. The molecule has 0 bridgehead atoms. The molecule has 1 aliphatic rings. The quantitative estimate of drug-likeness (QED) is 0.560. The maximum absolute atomic E-state index is 10.3. The zero-order chi connectivity index (χ0) is 21.1. The molecule has 1 aromatic rings. The van der Waals surface area contributed by atoms with Gasteiger partial charge >= 0.3 is 0 Å². The Hall–Kier alpha value is -1.08. The highest BCUT2D eigenvalue weighted by Gasteiger charge is 2.40. The number of β-amino-alcohol motifs (C(OH)–C–C–N with tert-alkyl or cyclic N) is 1. The summed E-state index contributed by atoms with van der Waals surface area (Å²) in [5.74, 6) is 0.793. The predicted molar refractivity (Wildman–Crippen MR) is 113 cm³/mol. The van der Waals surface area contributed by atoms with Crippen LogP contribution in [0.4, 0.5) is 0 Å². The van der Waals surface area contributed by atoms with Crippen LogP contribution in [0.25, 0.3) is 0 Å². The predicted octanol–water partition coefficient (Wildman–Crippen LogP) is 4.47. The molecular formula is C20H34ClNO4Si. The van der Waals surface area contributed by atoms with Gasteiger partial charge in [-0.15, -0.1) is 0 Å². The maximum Gasteiger partial charge on any atom is 0.293 e. The molecule has 154 valence electrons. The van der Waals surface area contributed by atoms with E-state index >= 15 is 0 Å². The van der Waals surface area contributed by atoms with E-state index in [9.17, 15) is 9.90 Å². The highest BCUT2D eigenvalue weighted by atomic mass is 35.5. The van der Waals surface area contributed by atoms with E-state index in [0.29, 0.717) is 24.6 Å². The first kappa shape index (κ1) is 24.0. The normalized spacial score (nSPS) is 16.5. The Morgan fingerprint density at radius 3 is 2.04 bits per heavy atom. The summed E-state index contributed by atoms with van der Waals surface area (Å²) in [6.45, 7) is 18.1. The van der Waals surface area contributed by atoms with Crippen LogP contribution in [0.15, 0.2) is 18.2 Å². The van der Waals surface area contributed by atoms with Gasteiger partial charge in [0.15, 0.2) is 0 Å². The fourth-order valence-corrected chi connectivity index (χ4v) is 3.45. The lowest BCUT2D eigenvalue weighted by Crippen LogP contribution is -2.56. The van der Waals surface area contributed by atoms with Crippen molar-refractivity contribution in [3.63, 3.8) is 0 Å². The third kappa shape index (κ3) is 6.78. The van der Waals surface area contributed by atoms with E-state index in [-0.39, 0.29) is 10.6 Å². The van der Waals surface area contributed by atoms with Gasteiger partial charge < -0.3 is 19.6 Å². The third-order valence-electron chi connectivity index (χ3n) is 4.86. The van der Waals surface area contributed by atoms with Crippen LogP contribution >= 0.6 is 11.6 Å². The number of halogens is 1. The summed E-state index contributed by atoms with van der Waals surface area (Å²) in [5.41, 5.74) is -0.366. The maximum atomic E-state index is 10.3. The minimum absolute atomic E-state index is 0.147. The smallest absolute Gasteiger partial charge is 0.293 e. The lowest BCUT2D eigenvalue weighted by atomic mass is 9.88. The molecule has 1 fully saturated rings. The molecule has 1 saturated heterocycles. The molecule has 2 N–H and O–H groups in total. The van der Waals surface area contributed by atoms with E-state index in [4.69, 9.17) is 16.0 Å². The van der Waals surface area contributed by atoms with Crippen LogP contribution in [-0.2, 0) is 15.1 Å². The van der Waals surface area contributed by atoms with Crippen LogP contribution in [0.2, 0.25) is 23.2 Å². The van der Waals surface area contributed by atoms with E-state index < -0.39 is 13.9 Å². The number of hydrogen-bond acceptors (Lipinski definition) is 5. The fourth-order valence-electron chi connectivity index (χ4n) is 2.08. The van der Waals surface area contributed by atoms with Gasteiger partial charge in [0.2, 0.25) is 8.32 Å². The molecule has 0 saturated carbocycles. The number of benzene rings is 1. The lowest BCUT2D eigenvalue weighted by Gasteiger charge is -2.39. The van der Waals surface area contributed by atoms with Crippen molar-refractivity contribution in [1.82, 2.24) is 5.32 Å². The Bertz CT molecular complexity index is 646. The van der Waals surface area contributed by atoms with Gasteiger partial charge in [-0.1, -0.05) is 38.4 Å². The van der Waals surface area contributed by atoms with Gasteiger partial charge in [-0.3, -0.25) is 4.79 Å². The molecule has 27 heavy (non-hydrogen) atoms. The van der Waals surface area contributed by atoms with Crippen molar-refractivity contribution in [2.75, 3.05) is 13.1 Å². The topological polar surface area (TPSA) is 67.8 Å². The van der Waals surface area contributed by atoms with Crippen molar-refractivity contribution in [2.24, 2.45) is 0 Å². The van der Waals surface area contributed by atoms with Crippen molar-refractivity contribution < 1.29 is 19.1 Å². The monoisotopic (exact) mass is 415 g/mol. The minimum Gasteiger partial charge on any atom is -0.543 e. The Balaban J connectivity index is 0.000000445. The Kier molecular flexibility index (Phi) is 7.55. The van der Waals surface area contributed by atoms with Crippen molar-refractivity contribution in [3.05, 3.63) is 28.8 Å². The number of aliphatic hydroxyl groups is 1. The van der Waals surface area contributed by atoms with Gasteiger partial charge in [-0.05, 0) is 51.0 Å². The van der Waals surface area contributed by atoms with E-state index in [1.54, 1.807) is 0 Å². The van der Waals surface area contributed by atoms with Gasteiger partial charge in [-0.25, -0.2) is 0 Å². The lowest BCUT2D eigenvalue weighted by molar-refractivity contribution is -0.138. The number of carbonyl (C=O) groups excluding carboxylic acids is 1. The average molecular weight is 416 g/mol. The van der Waals surface area contributed by atoms with Crippen LogP contribution < -0.4 is 9.74 Å². The summed E-state index contributed by atoms with van der Waals surface area (Å²) in [4.78, 5) is 9.60. The fraction of sp³-hybridized carbons (Fsp3) is 0.650. The molecule has 1 aromatic carbocycles. The second kappa shape index (κ2) is 8.51. The second-order valence-electron chi connectivity index (χ2n) is 9.47. The van der Waals surface area contributed by atoms with E-state index in [2.05, 4.69) is 43.9 Å². The van der Waals surface area contributed by atoms with Crippen molar-refractivity contribution >= 4 is 26.4 Å². The van der Waals surface area contributed by atoms with Gasteiger partial charge in [0, 0.05) is 18.7 Å². The molecule has 0 spiro atoms. The summed E-state index contributed by atoms with van der Waals surface area (Å²) in [5, 5.41) is 14.1. The molecule has 0 atom stereocenters. The SMILES string of the molecule is CC(C)(C)OC=O.CC(C)(C)[Si](C)(C)Oc1ccc(C2(O)CNC2)c(Cl)c1. The molecule has 0 unspecified atom stereocenters. The molecule has 0 amide bonds. The van der Waals surface area contributed by atoms with Gasteiger partial charge in [0.1, 0.15) is 17.0 Å². The van der Waals surface area contributed by atoms with E-state index in [1.807, 2.05) is 39.0 Å². The number of nitrogens with one attached hydrogen (secondary N) is 1. The van der Waals surface area contributed by atoms with Crippen LogP contribution in [0.5, 0.6) is 5.75 Å². The number of carbonyl (C=O) groups is 1. The van der Waals surface area contributed by atoms with Gasteiger partial charge in [0.25, 0.3) is 6.47 Å². The molecule has 0 radical (unpaired) electrons. The highest BCUT2D eigenvalue weighted by Crippen LogP contribution is 2.39. The Labute approximate surface area is 169 Å². The van der Waals surface area contributed by atoms with Crippen LogP contribution in [0.3, 0.4) is 0 Å². The highest BCUT2D eigenvalue weighted by molar-refractivity contribution is 6.74. The summed E-state index contributed by atoms with van der Waals surface area (Å²) < 4.78 is 10.8. The number of ether oxygens (including phenoxy) is 1. The van der Waals surface area contributed by atoms with Crippen molar-refractivity contribution in [1.29, 1.82) is 0 Å². The second-order valence-corrected chi connectivity index (χ2v) is 14.6. The summed E-state index contributed by atoms with van der Waals surface area (Å²) >= 11 is 6.32. The standard InChI is InChI=1S/C15H24ClNO2Si.C5H10O2/c1-14(2,3)20(4,5)19-11-6-7-12(13(16)8-11)15(18)9-17-10-15;1-5(2,3)7-4-6/h6-8,17-18H,9-10H2,1-5H3;4H,1-3H3. The summed E-state index contributed by atoms with van der Waals surface area (Å²) in [6.07, 6.45) is 0. The molecule has 0 aliphatic carbocycles. The van der Waals surface area contributed by atoms with Gasteiger partial charge in [-0.2, -0.15) is 0 Å². The summed E-state index contributed by atoms with van der Waals surface area (Å²) in [7, 11) is -1.86. The molecule has 2 rings (SSSR count). The minimum atomic E-state index is -1.86. The first-order chi connectivity index (χ1) is 12.1. The third-order valence-corrected chi connectivity index (χ3v) is 9.53. The average Bonchev–Trinajstić information content (AvgIpc) is 2.42. The van der Waals surface area contributed by atoms with Crippen LogP contribution in [0.1, 0.15) is 47.1 Å². The number of hydrogen-bond donors (Lipinski definition) is 2. The van der Waals surface area contributed by atoms with Gasteiger partial charge in [0.05, 0.1) is 5.02 Å². The zero-order valence-electron chi connectivity index (χ0n) is 17.8. The zero-order valence-corrected chi connectivity index (χ0v) is 19.5. The molecule has 1 heterocycles.